The first kappa shape index (κ1) is 14.8. The number of para-hydroxylation sites is 1. The molecule has 0 unspecified atom stereocenters. The first-order valence-corrected chi connectivity index (χ1v) is 6.85. The van der Waals surface area contributed by atoms with Crippen LogP contribution in [-0.4, -0.2) is 35.3 Å². The molecule has 1 aromatic carbocycles. The molecule has 3 N–H and O–H groups in total. The molecule has 0 spiro atoms. The molecule has 0 aromatic heterocycles. The predicted octanol–water partition coefficient (Wildman–Crippen LogP) is 2.06. The summed E-state index contributed by atoms with van der Waals surface area (Å²) in [6, 6.07) is 5.36. The van der Waals surface area contributed by atoms with Crippen molar-refractivity contribution < 1.29 is 14.3 Å². The Bertz CT molecular complexity index is 413. The van der Waals surface area contributed by atoms with E-state index in [4.69, 9.17) is 0 Å². The number of hydrogen-bond donors (Lipinski definition) is 3. The van der Waals surface area contributed by atoms with Crippen molar-refractivity contribution in [1.82, 2.24) is 5.32 Å². The minimum Gasteiger partial charge on any atom is -0.387 e. The summed E-state index contributed by atoms with van der Waals surface area (Å²) in [6.45, 7) is 1.74. The van der Waals surface area contributed by atoms with Crippen molar-refractivity contribution in [2.45, 2.75) is 12.5 Å². The Morgan fingerprint density at radius 1 is 1.50 bits per heavy atom. The fraction of sp³-hybridized carbons (Fsp3) is 0.417. The summed E-state index contributed by atoms with van der Waals surface area (Å²) in [5.41, 5.74) is -0.870. The van der Waals surface area contributed by atoms with Crippen LogP contribution >= 0.6 is 11.8 Å². The maximum Gasteiger partial charge on any atom is 0.319 e. The zero-order valence-electron chi connectivity index (χ0n) is 10.4. The van der Waals surface area contributed by atoms with Crippen molar-refractivity contribution in [2.75, 3.05) is 23.9 Å². The molecule has 6 heteroatoms. The number of amides is 2. The molecule has 0 heterocycles. The van der Waals surface area contributed by atoms with Gasteiger partial charge in [-0.25, -0.2) is 9.18 Å². The largest absolute Gasteiger partial charge is 0.387 e. The van der Waals surface area contributed by atoms with E-state index in [0.717, 1.165) is 0 Å². The second kappa shape index (κ2) is 6.61. The van der Waals surface area contributed by atoms with Crippen LogP contribution in [0.1, 0.15) is 6.92 Å². The van der Waals surface area contributed by atoms with Gasteiger partial charge in [-0.3, -0.25) is 0 Å². The Morgan fingerprint density at radius 2 is 2.17 bits per heavy atom. The van der Waals surface area contributed by atoms with E-state index in [1.165, 1.54) is 23.9 Å². The van der Waals surface area contributed by atoms with Gasteiger partial charge >= 0.3 is 6.03 Å². The summed E-state index contributed by atoms with van der Waals surface area (Å²) >= 11 is 1.48. The number of urea groups is 1. The van der Waals surface area contributed by atoms with Crippen molar-refractivity contribution in [1.29, 1.82) is 0 Å². The van der Waals surface area contributed by atoms with Crippen molar-refractivity contribution in [3.8, 4) is 0 Å². The van der Waals surface area contributed by atoms with Gasteiger partial charge in [0.25, 0.3) is 0 Å². The highest BCUT2D eigenvalue weighted by molar-refractivity contribution is 7.98. The Morgan fingerprint density at radius 3 is 2.78 bits per heavy atom. The number of anilines is 1. The summed E-state index contributed by atoms with van der Waals surface area (Å²) in [5.74, 6) is 0.0102. The minimum absolute atomic E-state index is 0.105. The van der Waals surface area contributed by atoms with Gasteiger partial charge in [0.05, 0.1) is 11.3 Å². The Balaban J connectivity index is 2.46. The molecule has 0 aliphatic rings. The standard InChI is InChI=1S/C12H17FN2O2S/c1-12(17,8-18-2)7-14-11(16)15-10-6-4-3-5-9(10)13/h3-6,17H,7-8H2,1-2H3,(H2,14,15,16)/t12-/m0/s1. The summed E-state index contributed by atoms with van der Waals surface area (Å²) < 4.78 is 13.2. The van der Waals surface area contributed by atoms with E-state index in [1.54, 1.807) is 19.1 Å². The van der Waals surface area contributed by atoms with Crippen molar-refractivity contribution in [3.05, 3.63) is 30.1 Å². The van der Waals surface area contributed by atoms with Gasteiger partial charge in [0.2, 0.25) is 0 Å². The molecule has 0 fully saturated rings. The van der Waals surface area contributed by atoms with Gasteiger partial charge in [-0.1, -0.05) is 12.1 Å². The van der Waals surface area contributed by atoms with E-state index in [-0.39, 0.29) is 12.2 Å². The average Bonchev–Trinajstić information content (AvgIpc) is 2.30. The van der Waals surface area contributed by atoms with Crippen LogP contribution in [0.2, 0.25) is 0 Å². The second-order valence-electron chi connectivity index (χ2n) is 4.22. The molecule has 0 saturated carbocycles. The molecule has 2 amide bonds. The summed E-state index contributed by atoms with van der Waals surface area (Å²) in [5, 5.41) is 14.7. The predicted molar refractivity (Wildman–Crippen MR) is 72.4 cm³/mol. The van der Waals surface area contributed by atoms with Crippen LogP contribution < -0.4 is 10.6 Å². The number of carbonyl (C=O) groups is 1. The molecule has 4 nitrogen and oxygen atoms in total. The fourth-order valence-corrected chi connectivity index (χ4v) is 2.09. The fourth-order valence-electron chi connectivity index (χ4n) is 1.36. The highest BCUT2D eigenvalue weighted by Gasteiger charge is 2.20. The number of rotatable bonds is 5. The summed E-state index contributed by atoms with van der Waals surface area (Å²) in [7, 11) is 0. The van der Waals surface area contributed by atoms with Gasteiger partial charge in [-0.05, 0) is 25.3 Å². The molecule has 0 aliphatic heterocycles. The lowest BCUT2D eigenvalue weighted by atomic mass is 10.1. The number of nitrogens with one attached hydrogen (secondary N) is 2. The summed E-state index contributed by atoms with van der Waals surface area (Å²) in [6.07, 6.45) is 1.87. The number of aliphatic hydroxyl groups is 1. The number of halogens is 1. The van der Waals surface area contributed by atoms with E-state index in [9.17, 15) is 14.3 Å². The van der Waals surface area contributed by atoms with Crippen LogP contribution in [0.15, 0.2) is 24.3 Å². The van der Waals surface area contributed by atoms with Crippen molar-refractivity contribution >= 4 is 23.5 Å². The van der Waals surface area contributed by atoms with E-state index < -0.39 is 17.4 Å². The first-order valence-electron chi connectivity index (χ1n) is 5.45. The highest BCUT2D eigenvalue weighted by atomic mass is 32.2. The number of carbonyl (C=O) groups excluding carboxylic acids is 1. The second-order valence-corrected chi connectivity index (χ2v) is 5.08. The molecule has 1 rings (SSSR count). The topological polar surface area (TPSA) is 61.4 Å². The molecular weight excluding hydrogens is 255 g/mol. The molecule has 18 heavy (non-hydrogen) atoms. The van der Waals surface area contributed by atoms with Crippen LogP contribution in [0, 0.1) is 5.82 Å². The molecule has 0 bridgehead atoms. The van der Waals surface area contributed by atoms with E-state index >= 15 is 0 Å². The van der Waals surface area contributed by atoms with Crippen LogP contribution in [0.4, 0.5) is 14.9 Å². The third kappa shape index (κ3) is 4.93. The van der Waals surface area contributed by atoms with Gasteiger partial charge in [0.1, 0.15) is 5.82 Å². The van der Waals surface area contributed by atoms with Crippen LogP contribution in [0.5, 0.6) is 0 Å². The molecule has 1 atom stereocenters. The van der Waals surface area contributed by atoms with Crippen molar-refractivity contribution in [2.24, 2.45) is 0 Å². The van der Waals surface area contributed by atoms with Gasteiger partial charge in [0.15, 0.2) is 0 Å². The zero-order chi connectivity index (χ0) is 13.6. The maximum atomic E-state index is 13.2. The highest BCUT2D eigenvalue weighted by Crippen LogP contribution is 2.12. The molecule has 0 aliphatic carbocycles. The third-order valence-electron chi connectivity index (χ3n) is 2.21. The molecular formula is C12H17FN2O2S. The molecule has 0 saturated heterocycles. The van der Waals surface area contributed by atoms with Crippen molar-refractivity contribution in [3.63, 3.8) is 0 Å². The van der Waals surface area contributed by atoms with Gasteiger partial charge in [-0.2, -0.15) is 11.8 Å². The van der Waals surface area contributed by atoms with Gasteiger partial charge < -0.3 is 15.7 Å². The number of benzene rings is 1. The lowest BCUT2D eigenvalue weighted by Crippen LogP contribution is -2.44. The van der Waals surface area contributed by atoms with Crippen LogP contribution in [0.3, 0.4) is 0 Å². The third-order valence-corrected chi connectivity index (χ3v) is 3.12. The summed E-state index contributed by atoms with van der Waals surface area (Å²) in [4.78, 5) is 11.5. The Labute approximate surface area is 110 Å². The lowest BCUT2D eigenvalue weighted by Gasteiger charge is -2.22. The average molecular weight is 272 g/mol. The number of thioether (sulfide) groups is 1. The van der Waals surface area contributed by atoms with Crippen LogP contribution in [0.25, 0.3) is 0 Å². The van der Waals surface area contributed by atoms with Gasteiger partial charge in [-0.15, -0.1) is 0 Å². The smallest absolute Gasteiger partial charge is 0.319 e. The quantitative estimate of drug-likeness (QED) is 0.769. The van der Waals surface area contributed by atoms with E-state index in [1.807, 2.05) is 6.26 Å². The van der Waals surface area contributed by atoms with E-state index in [0.29, 0.717) is 5.75 Å². The SMILES string of the molecule is CSC[C@@](C)(O)CNC(=O)Nc1ccccc1F. The van der Waals surface area contributed by atoms with Crippen LogP contribution in [-0.2, 0) is 0 Å². The first-order chi connectivity index (χ1) is 8.44. The molecule has 0 radical (unpaired) electrons. The molecule has 100 valence electrons. The maximum absolute atomic E-state index is 13.2. The Kier molecular flexibility index (Phi) is 5.43. The zero-order valence-corrected chi connectivity index (χ0v) is 11.2. The van der Waals surface area contributed by atoms with Gasteiger partial charge in [0, 0.05) is 12.3 Å². The Hall–Kier alpha value is -1.27. The molecule has 1 aromatic rings. The normalized spacial score (nSPS) is 13.8. The lowest BCUT2D eigenvalue weighted by molar-refractivity contribution is 0.0876. The monoisotopic (exact) mass is 272 g/mol. The van der Waals surface area contributed by atoms with E-state index in [2.05, 4.69) is 10.6 Å². The number of hydrogen-bond acceptors (Lipinski definition) is 3. The minimum atomic E-state index is -0.980.